The molecule has 29 heavy (non-hydrogen) atoms. The molecule has 2 atom stereocenters. The average molecular weight is 396 g/mol. The van der Waals surface area contributed by atoms with E-state index in [1.165, 1.54) is 12.1 Å². The van der Waals surface area contributed by atoms with Gasteiger partial charge < -0.3 is 15.0 Å². The molecular weight excluding hydrogens is 371 g/mol. The molecule has 1 aliphatic carbocycles. The van der Waals surface area contributed by atoms with Crippen molar-refractivity contribution in [1.29, 1.82) is 0 Å². The highest BCUT2D eigenvalue weighted by atomic mass is 19.1. The van der Waals surface area contributed by atoms with Crippen molar-refractivity contribution in [2.45, 2.75) is 25.3 Å². The highest BCUT2D eigenvalue weighted by Gasteiger charge is 2.43. The van der Waals surface area contributed by atoms with Crippen molar-refractivity contribution in [2.75, 3.05) is 20.2 Å². The molecule has 0 aromatic heterocycles. The van der Waals surface area contributed by atoms with Crippen molar-refractivity contribution in [3.8, 4) is 5.75 Å². The van der Waals surface area contributed by atoms with Crippen LogP contribution in [0.4, 0.5) is 4.39 Å². The fourth-order valence-corrected chi connectivity index (χ4v) is 3.95. The fraction of sp³-hybridized carbons (Fsp3) is 0.391. The molecule has 2 aliphatic rings. The summed E-state index contributed by atoms with van der Waals surface area (Å²) in [7, 11) is 1.62. The van der Waals surface area contributed by atoms with Gasteiger partial charge in [-0.2, -0.15) is 0 Å². The van der Waals surface area contributed by atoms with Gasteiger partial charge >= 0.3 is 0 Å². The summed E-state index contributed by atoms with van der Waals surface area (Å²) in [5.74, 6) is 0.300. The van der Waals surface area contributed by atoms with Crippen molar-refractivity contribution in [3.05, 3.63) is 65.5 Å². The van der Waals surface area contributed by atoms with Gasteiger partial charge in [0.15, 0.2) is 0 Å². The quantitative estimate of drug-likeness (QED) is 0.816. The SMILES string of the molecule is COc1ccc([C@@H]2CN(C(=O)C3CC3)C[C@@H]2C(=O)NCc2ccc(F)cc2)cc1. The lowest BCUT2D eigenvalue weighted by Gasteiger charge is -2.18. The average Bonchev–Trinajstić information content (AvgIpc) is 3.50. The van der Waals surface area contributed by atoms with E-state index in [1.54, 1.807) is 19.2 Å². The zero-order valence-electron chi connectivity index (χ0n) is 16.4. The Hall–Kier alpha value is -2.89. The van der Waals surface area contributed by atoms with Crippen molar-refractivity contribution in [3.63, 3.8) is 0 Å². The molecule has 0 radical (unpaired) electrons. The first-order valence-corrected chi connectivity index (χ1v) is 10.00. The topological polar surface area (TPSA) is 58.6 Å². The normalized spacial score (nSPS) is 21.1. The number of carbonyl (C=O) groups is 2. The Morgan fingerprint density at radius 2 is 1.76 bits per heavy atom. The number of methoxy groups -OCH3 is 1. The molecule has 0 unspecified atom stereocenters. The highest BCUT2D eigenvalue weighted by molar-refractivity contribution is 5.85. The van der Waals surface area contributed by atoms with Crippen LogP contribution in [0.25, 0.3) is 0 Å². The van der Waals surface area contributed by atoms with Crippen LogP contribution >= 0.6 is 0 Å². The van der Waals surface area contributed by atoms with Crippen molar-refractivity contribution in [1.82, 2.24) is 10.2 Å². The van der Waals surface area contributed by atoms with Crippen LogP contribution in [0.2, 0.25) is 0 Å². The predicted molar refractivity (Wildman–Crippen MR) is 107 cm³/mol. The maximum atomic E-state index is 13.1. The maximum absolute atomic E-state index is 13.1. The molecule has 1 N–H and O–H groups in total. The van der Waals surface area contributed by atoms with Gasteiger partial charge in [-0.25, -0.2) is 4.39 Å². The Morgan fingerprint density at radius 3 is 2.38 bits per heavy atom. The molecule has 152 valence electrons. The zero-order chi connectivity index (χ0) is 20.4. The summed E-state index contributed by atoms with van der Waals surface area (Å²) in [6.45, 7) is 1.32. The lowest BCUT2D eigenvalue weighted by molar-refractivity contribution is -0.132. The highest BCUT2D eigenvalue weighted by Crippen LogP contribution is 2.38. The Labute approximate surface area is 169 Å². The van der Waals surface area contributed by atoms with Crippen molar-refractivity contribution < 1.29 is 18.7 Å². The Bertz CT molecular complexity index is 878. The monoisotopic (exact) mass is 396 g/mol. The van der Waals surface area contributed by atoms with Gasteiger partial charge in [-0.05, 0) is 48.2 Å². The molecule has 0 bridgehead atoms. The van der Waals surface area contributed by atoms with Crippen LogP contribution in [-0.2, 0) is 16.1 Å². The fourth-order valence-electron chi connectivity index (χ4n) is 3.95. The van der Waals surface area contributed by atoms with Crippen LogP contribution in [0, 0.1) is 17.7 Å². The number of amides is 2. The van der Waals surface area contributed by atoms with Crippen LogP contribution in [0.3, 0.4) is 0 Å². The number of nitrogens with zero attached hydrogens (tertiary/aromatic N) is 1. The van der Waals surface area contributed by atoms with Crippen LogP contribution in [-0.4, -0.2) is 36.9 Å². The molecule has 4 rings (SSSR count). The number of nitrogens with one attached hydrogen (secondary N) is 1. The first kappa shape index (κ1) is 19.4. The summed E-state index contributed by atoms with van der Waals surface area (Å²) in [6, 6.07) is 13.8. The van der Waals surface area contributed by atoms with E-state index >= 15 is 0 Å². The number of halogens is 1. The van der Waals surface area contributed by atoms with E-state index in [4.69, 9.17) is 4.74 Å². The van der Waals surface area contributed by atoms with Crippen LogP contribution in [0.15, 0.2) is 48.5 Å². The minimum absolute atomic E-state index is 0.0585. The molecule has 2 fully saturated rings. The summed E-state index contributed by atoms with van der Waals surface area (Å²) in [5.41, 5.74) is 1.86. The summed E-state index contributed by atoms with van der Waals surface area (Å²) in [5, 5.41) is 2.96. The van der Waals surface area contributed by atoms with Gasteiger partial charge in [0.1, 0.15) is 11.6 Å². The number of rotatable bonds is 6. The summed E-state index contributed by atoms with van der Waals surface area (Å²) in [6.07, 6.45) is 1.90. The number of hydrogen-bond acceptors (Lipinski definition) is 3. The van der Waals surface area contributed by atoms with Gasteiger partial charge in [0, 0.05) is 31.5 Å². The van der Waals surface area contributed by atoms with E-state index in [1.807, 2.05) is 29.2 Å². The molecule has 2 aromatic carbocycles. The number of likely N-dealkylation sites (tertiary alicyclic amines) is 1. The summed E-state index contributed by atoms with van der Waals surface area (Å²) < 4.78 is 18.3. The summed E-state index contributed by atoms with van der Waals surface area (Å²) >= 11 is 0. The minimum Gasteiger partial charge on any atom is -0.497 e. The van der Waals surface area contributed by atoms with Crippen molar-refractivity contribution in [2.24, 2.45) is 11.8 Å². The predicted octanol–water partition coefficient (Wildman–Crippen LogP) is 3.10. The minimum atomic E-state index is -0.313. The van der Waals surface area contributed by atoms with Gasteiger partial charge in [0.25, 0.3) is 0 Å². The van der Waals surface area contributed by atoms with Crippen molar-refractivity contribution >= 4 is 11.8 Å². The van der Waals surface area contributed by atoms with E-state index in [-0.39, 0.29) is 35.4 Å². The Morgan fingerprint density at radius 1 is 1.07 bits per heavy atom. The molecule has 0 spiro atoms. The second kappa shape index (κ2) is 8.23. The number of carbonyl (C=O) groups excluding carboxylic acids is 2. The molecule has 1 heterocycles. The largest absolute Gasteiger partial charge is 0.497 e. The molecule has 1 saturated heterocycles. The molecule has 1 aliphatic heterocycles. The first-order chi connectivity index (χ1) is 14.0. The van der Waals surface area contributed by atoms with E-state index in [0.717, 1.165) is 29.7 Å². The van der Waals surface area contributed by atoms with Crippen LogP contribution in [0.5, 0.6) is 5.75 Å². The standard InChI is InChI=1S/C23H25FN2O3/c1-29-19-10-6-16(7-11-19)20-13-26(23(28)17-4-5-17)14-21(20)22(27)25-12-15-2-8-18(24)9-3-15/h2-3,6-11,17,20-21H,4-5,12-14H2,1H3,(H,25,27)/t20-,21-/m0/s1. The third-order valence-electron chi connectivity index (χ3n) is 5.82. The van der Waals surface area contributed by atoms with E-state index in [9.17, 15) is 14.0 Å². The second-order valence-electron chi connectivity index (χ2n) is 7.85. The van der Waals surface area contributed by atoms with Gasteiger partial charge in [0.2, 0.25) is 11.8 Å². The molecule has 6 heteroatoms. The van der Waals surface area contributed by atoms with Gasteiger partial charge in [-0.15, -0.1) is 0 Å². The number of benzene rings is 2. The van der Waals surface area contributed by atoms with Gasteiger partial charge in [-0.1, -0.05) is 24.3 Å². The van der Waals surface area contributed by atoms with E-state index in [2.05, 4.69) is 5.32 Å². The van der Waals surface area contributed by atoms with Crippen LogP contribution < -0.4 is 10.1 Å². The molecule has 5 nitrogen and oxygen atoms in total. The maximum Gasteiger partial charge on any atom is 0.225 e. The molecule has 1 saturated carbocycles. The van der Waals surface area contributed by atoms with Gasteiger partial charge in [0.05, 0.1) is 13.0 Å². The third kappa shape index (κ3) is 4.42. The Balaban J connectivity index is 1.49. The Kier molecular flexibility index (Phi) is 5.51. The lowest BCUT2D eigenvalue weighted by Crippen LogP contribution is -2.35. The zero-order valence-corrected chi connectivity index (χ0v) is 16.4. The summed E-state index contributed by atoms with van der Waals surface area (Å²) in [4.78, 5) is 27.4. The smallest absolute Gasteiger partial charge is 0.225 e. The lowest BCUT2D eigenvalue weighted by atomic mass is 9.88. The number of ether oxygens (including phenoxy) is 1. The molecule has 2 aromatic rings. The number of hydrogen-bond donors (Lipinski definition) is 1. The van der Waals surface area contributed by atoms with Crippen LogP contribution in [0.1, 0.15) is 29.9 Å². The van der Waals surface area contributed by atoms with Gasteiger partial charge in [-0.3, -0.25) is 9.59 Å². The molecule has 2 amide bonds. The first-order valence-electron chi connectivity index (χ1n) is 10.00. The van der Waals surface area contributed by atoms with E-state index in [0.29, 0.717) is 19.6 Å². The second-order valence-corrected chi connectivity index (χ2v) is 7.85. The van der Waals surface area contributed by atoms with E-state index < -0.39 is 0 Å². The third-order valence-corrected chi connectivity index (χ3v) is 5.82. The molecular formula is C23H25FN2O3.